The number of hydrogen-bond acceptors (Lipinski definition) is 12. The van der Waals surface area contributed by atoms with E-state index in [2.05, 4.69) is 25.2 Å². The number of carbonyl (C=O) groups is 4. The van der Waals surface area contributed by atoms with Crippen LogP contribution in [-0.4, -0.2) is 111 Å². The van der Waals surface area contributed by atoms with Crippen LogP contribution in [0.5, 0.6) is 11.5 Å². The summed E-state index contributed by atoms with van der Waals surface area (Å²) in [6, 6.07) is 27.9. The number of pyridine rings is 1. The Balaban J connectivity index is 0.678. The number of hydrogen-bond donors (Lipinski definition) is 3. The maximum absolute atomic E-state index is 13.6. The fourth-order valence-electron chi connectivity index (χ4n) is 9.22. The number of ketones is 1. The van der Waals surface area contributed by atoms with Gasteiger partial charge in [0.2, 0.25) is 11.8 Å². The van der Waals surface area contributed by atoms with E-state index >= 15 is 0 Å². The Kier molecular flexibility index (Phi) is 14.3. The zero-order chi connectivity index (χ0) is 50.6. The number of ether oxygens (including phenoxy) is 4. The molecule has 6 aromatic rings. The molecule has 1 aliphatic carbocycles. The molecule has 2 aliphatic heterocycles. The Morgan fingerprint density at radius 2 is 1.62 bits per heavy atom. The van der Waals surface area contributed by atoms with Gasteiger partial charge in [0, 0.05) is 37.2 Å². The van der Waals surface area contributed by atoms with Gasteiger partial charge in [-0.25, -0.2) is 9.50 Å². The molecule has 376 valence electrons. The number of aromatic nitrogens is 4. The van der Waals surface area contributed by atoms with Gasteiger partial charge < -0.3 is 39.6 Å². The van der Waals surface area contributed by atoms with Crippen molar-refractivity contribution in [2.45, 2.75) is 82.1 Å². The molecule has 5 heterocycles. The first kappa shape index (κ1) is 49.6. The molecular formula is C53H55F2N7O10. The first-order chi connectivity index (χ1) is 34.6. The van der Waals surface area contributed by atoms with Crippen LogP contribution in [0.4, 0.5) is 14.6 Å². The SMILES string of the molecule is Cc1ccc(NC(=O)C2(c3ccc4c(c3)OC(F)(F)O4)CC2)nc1-c1cccc(C(=O)NCCOCCOCC(=O)Cc2ccc3c(=O)n(CC4(O)CCN(C(=O)C[C@@H](C)c5ccccc5)CC4)cnn23)c1. The average molecular weight is 988 g/mol. The van der Waals surface area contributed by atoms with Crippen molar-refractivity contribution >= 4 is 34.8 Å². The molecule has 3 aromatic carbocycles. The van der Waals surface area contributed by atoms with E-state index in [-0.39, 0.29) is 97.9 Å². The summed E-state index contributed by atoms with van der Waals surface area (Å²) < 4.78 is 50.3. The van der Waals surface area contributed by atoms with Crippen LogP contribution in [0.25, 0.3) is 16.8 Å². The third kappa shape index (κ3) is 11.2. The molecule has 0 radical (unpaired) electrons. The quantitative estimate of drug-likeness (QED) is 0.0757. The number of anilines is 1. The van der Waals surface area contributed by atoms with Crippen LogP contribution in [0.15, 0.2) is 108 Å². The Hall–Kier alpha value is -7.35. The number of rotatable bonds is 20. The van der Waals surface area contributed by atoms with Gasteiger partial charge in [-0.3, -0.25) is 28.5 Å². The van der Waals surface area contributed by atoms with E-state index in [0.29, 0.717) is 79.1 Å². The lowest BCUT2D eigenvalue weighted by molar-refractivity contribution is -0.286. The number of halogens is 2. The molecule has 1 saturated heterocycles. The summed E-state index contributed by atoms with van der Waals surface area (Å²) in [5.41, 5.74) is 2.37. The van der Waals surface area contributed by atoms with Crippen molar-refractivity contribution in [2.75, 3.05) is 51.4 Å². The molecule has 3 aliphatic rings. The van der Waals surface area contributed by atoms with Gasteiger partial charge in [0.1, 0.15) is 24.3 Å². The lowest BCUT2D eigenvalue weighted by Crippen LogP contribution is -2.49. The maximum atomic E-state index is 13.6. The van der Waals surface area contributed by atoms with E-state index in [1.54, 1.807) is 47.4 Å². The highest BCUT2D eigenvalue weighted by molar-refractivity contribution is 6.01. The molecule has 72 heavy (non-hydrogen) atoms. The number of amides is 3. The van der Waals surface area contributed by atoms with E-state index in [1.165, 1.54) is 27.5 Å². The number of nitrogens with zero attached hydrogens (tertiary/aromatic N) is 5. The summed E-state index contributed by atoms with van der Waals surface area (Å²) in [7, 11) is 0. The third-order valence-electron chi connectivity index (χ3n) is 13.5. The van der Waals surface area contributed by atoms with Crippen LogP contribution in [0.3, 0.4) is 0 Å². The maximum Gasteiger partial charge on any atom is 0.586 e. The summed E-state index contributed by atoms with van der Waals surface area (Å²) in [6.45, 7) is 5.22. The van der Waals surface area contributed by atoms with Crippen LogP contribution in [-0.2, 0) is 42.2 Å². The number of likely N-dealkylation sites (tertiary alicyclic amines) is 1. The lowest BCUT2D eigenvalue weighted by atomic mass is 9.90. The second kappa shape index (κ2) is 20.8. The number of benzene rings is 3. The molecule has 3 aromatic heterocycles. The Morgan fingerprint density at radius 3 is 2.40 bits per heavy atom. The van der Waals surface area contributed by atoms with Gasteiger partial charge in [0.15, 0.2) is 17.3 Å². The van der Waals surface area contributed by atoms with Crippen LogP contribution < -0.4 is 25.7 Å². The number of Topliss-reactive ketones (excluding diaryl/α,β-unsaturated/α-hetero) is 1. The molecule has 0 unspecified atom stereocenters. The van der Waals surface area contributed by atoms with Gasteiger partial charge in [-0.1, -0.05) is 61.5 Å². The first-order valence-electron chi connectivity index (χ1n) is 24.0. The summed E-state index contributed by atoms with van der Waals surface area (Å²) in [6.07, 6.45) is -0.358. The van der Waals surface area contributed by atoms with Crippen molar-refractivity contribution in [1.29, 1.82) is 0 Å². The second-order valence-corrected chi connectivity index (χ2v) is 18.8. The van der Waals surface area contributed by atoms with Gasteiger partial charge in [-0.15, -0.1) is 8.78 Å². The molecule has 3 amide bonds. The summed E-state index contributed by atoms with van der Waals surface area (Å²) in [4.78, 5) is 72.5. The fraction of sp³-hybridized carbons (Fsp3) is 0.377. The van der Waals surface area contributed by atoms with Crippen molar-refractivity contribution in [3.05, 3.63) is 142 Å². The minimum atomic E-state index is -3.76. The Labute approximate surface area is 413 Å². The zero-order valence-corrected chi connectivity index (χ0v) is 39.9. The molecule has 2 fully saturated rings. The topological polar surface area (TPSA) is 205 Å². The van der Waals surface area contributed by atoms with Crippen molar-refractivity contribution in [3.63, 3.8) is 0 Å². The van der Waals surface area contributed by atoms with E-state index < -0.39 is 17.3 Å². The minimum Gasteiger partial charge on any atom is -0.395 e. The normalized spacial score (nSPS) is 16.5. The summed E-state index contributed by atoms with van der Waals surface area (Å²) >= 11 is 0. The number of aryl methyl sites for hydroxylation is 1. The molecule has 9 rings (SSSR count). The van der Waals surface area contributed by atoms with Crippen LogP contribution in [0.1, 0.15) is 77.7 Å². The molecule has 0 spiro atoms. The number of aliphatic hydroxyl groups is 1. The molecule has 17 nitrogen and oxygen atoms in total. The summed E-state index contributed by atoms with van der Waals surface area (Å²) in [5, 5.41) is 21.5. The van der Waals surface area contributed by atoms with Crippen molar-refractivity contribution in [3.8, 4) is 22.8 Å². The molecule has 19 heteroatoms. The van der Waals surface area contributed by atoms with Crippen LogP contribution >= 0.6 is 0 Å². The predicted molar refractivity (Wildman–Crippen MR) is 259 cm³/mol. The number of fused-ring (bicyclic) bond motifs is 2. The average Bonchev–Trinajstić information content (AvgIpc) is 3.99. The number of piperidine rings is 1. The first-order valence-corrected chi connectivity index (χ1v) is 24.0. The highest BCUT2D eigenvalue weighted by atomic mass is 19.3. The minimum absolute atomic E-state index is 0.0219. The fourth-order valence-corrected chi connectivity index (χ4v) is 9.22. The zero-order valence-electron chi connectivity index (χ0n) is 39.9. The summed E-state index contributed by atoms with van der Waals surface area (Å²) in [5.74, 6) is -0.706. The Morgan fingerprint density at radius 1 is 0.861 bits per heavy atom. The van der Waals surface area contributed by atoms with Gasteiger partial charge >= 0.3 is 6.29 Å². The number of alkyl halides is 2. The molecule has 1 saturated carbocycles. The molecule has 3 N–H and O–H groups in total. The standard InChI is InChI=1S/C53H55F2N7O10/c1-34-11-16-45(59-50(67)52(17-18-52)39-12-15-43-44(29-39)72-53(54,55)71-43)58-47(34)37-9-6-10-38(28-37)48(65)56-21-24-69-25-26-70-31-41(63)30-40-13-14-42-49(66)61(33-57-62(40)42)32-51(68)19-22-60(23-20-51)46(64)27-35(2)36-7-4-3-5-8-36/h3-16,28-29,33,35,68H,17-27,30-32H2,1-2H3,(H,56,65)(H,58,59,67)/t35-/m1/s1. The van der Waals surface area contributed by atoms with Crippen molar-refractivity contribution < 1.29 is 52.0 Å². The van der Waals surface area contributed by atoms with Crippen molar-refractivity contribution in [1.82, 2.24) is 29.4 Å². The van der Waals surface area contributed by atoms with Gasteiger partial charge in [0.05, 0.1) is 55.2 Å². The van der Waals surface area contributed by atoms with Gasteiger partial charge in [0.25, 0.3) is 11.5 Å². The number of carbonyl (C=O) groups excluding carboxylic acids is 4. The van der Waals surface area contributed by atoms with Crippen LogP contribution in [0.2, 0.25) is 0 Å². The second-order valence-electron chi connectivity index (χ2n) is 18.8. The van der Waals surface area contributed by atoms with E-state index in [0.717, 1.165) is 11.1 Å². The molecule has 0 bridgehead atoms. The van der Waals surface area contributed by atoms with E-state index in [4.69, 9.17) is 14.5 Å². The molecular weight excluding hydrogens is 933 g/mol. The Bertz CT molecular complexity index is 3060. The monoisotopic (exact) mass is 987 g/mol. The predicted octanol–water partition coefficient (Wildman–Crippen LogP) is 5.98. The largest absolute Gasteiger partial charge is 0.586 e. The van der Waals surface area contributed by atoms with Crippen LogP contribution in [0, 0.1) is 6.92 Å². The van der Waals surface area contributed by atoms with E-state index in [9.17, 15) is 37.9 Å². The third-order valence-corrected chi connectivity index (χ3v) is 13.5. The highest BCUT2D eigenvalue weighted by Crippen LogP contribution is 2.52. The van der Waals surface area contributed by atoms with Gasteiger partial charge in [-0.05, 0) is 97.7 Å². The number of nitrogens with one attached hydrogen (secondary N) is 2. The smallest absolute Gasteiger partial charge is 0.395 e. The lowest BCUT2D eigenvalue weighted by Gasteiger charge is -2.38. The van der Waals surface area contributed by atoms with Crippen molar-refractivity contribution in [2.24, 2.45) is 0 Å². The molecule has 1 atom stereocenters. The van der Waals surface area contributed by atoms with E-state index in [1.807, 2.05) is 56.3 Å². The van der Waals surface area contributed by atoms with Gasteiger partial charge in [-0.2, -0.15) is 5.10 Å². The highest BCUT2D eigenvalue weighted by Gasteiger charge is 2.53.